The third kappa shape index (κ3) is 4.53. The standard InChI is InChI=1S/C33H35NO2/c1-21-20-34(29-15-7-24(8-16-29)19-25-17-22(2)36-23(3)18-25)33(35)31-6-4-5-30(32(21)31)28-13-11-27(12-14-28)26-9-10-26/h4-8,11-16,20,22-23,25-26H,9-10,17-19H2,1-3H3/t22-,23+,25?. The molecule has 2 aliphatic rings. The highest BCUT2D eigenvalue weighted by molar-refractivity contribution is 5.98. The molecule has 4 aromatic rings. The molecule has 36 heavy (non-hydrogen) atoms. The smallest absolute Gasteiger partial charge is 0.262 e. The average molecular weight is 478 g/mol. The van der Waals surface area contributed by atoms with E-state index in [0.29, 0.717) is 18.1 Å². The molecule has 0 bridgehead atoms. The van der Waals surface area contributed by atoms with Gasteiger partial charge in [0.1, 0.15) is 0 Å². The monoisotopic (exact) mass is 477 g/mol. The van der Waals surface area contributed by atoms with Gasteiger partial charge in [0.2, 0.25) is 0 Å². The van der Waals surface area contributed by atoms with E-state index in [-0.39, 0.29) is 5.56 Å². The number of rotatable bonds is 5. The van der Waals surface area contributed by atoms with Crippen molar-refractivity contribution in [2.24, 2.45) is 5.92 Å². The molecule has 3 aromatic carbocycles. The maximum atomic E-state index is 13.6. The minimum Gasteiger partial charge on any atom is -0.376 e. The summed E-state index contributed by atoms with van der Waals surface area (Å²) in [6.45, 7) is 6.46. The molecule has 0 radical (unpaired) electrons. The van der Waals surface area contributed by atoms with Gasteiger partial charge in [0, 0.05) is 17.3 Å². The summed E-state index contributed by atoms with van der Waals surface area (Å²) in [5.41, 5.74) is 7.13. The van der Waals surface area contributed by atoms with Gasteiger partial charge < -0.3 is 4.74 Å². The molecule has 1 aliphatic heterocycles. The summed E-state index contributed by atoms with van der Waals surface area (Å²) >= 11 is 0. The van der Waals surface area contributed by atoms with E-state index in [4.69, 9.17) is 4.74 Å². The van der Waals surface area contributed by atoms with E-state index in [2.05, 4.69) is 75.4 Å². The molecule has 1 unspecified atom stereocenters. The van der Waals surface area contributed by atoms with Crippen LogP contribution in [0.3, 0.4) is 0 Å². The topological polar surface area (TPSA) is 31.2 Å². The number of nitrogens with zero attached hydrogens (tertiary/aromatic N) is 1. The van der Waals surface area contributed by atoms with Gasteiger partial charge in [-0.05, 0) is 116 Å². The molecule has 1 aliphatic carbocycles. The van der Waals surface area contributed by atoms with Gasteiger partial charge in [-0.2, -0.15) is 0 Å². The molecule has 0 amide bonds. The molecule has 184 valence electrons. The summed E-state index contributed by atoms with van der Waals surface area (Å²) < 4.78 is 7.71. The molecule has 2 heterocycles. The van der Waals surface area contributed by atoms with Gasteiger partial charge in [0.25, 0.3) is 5.56 Å². The molecule has 3 atom stereocenters. The lowest BCUT2D eigenvalue weighted by molar-refractivity contribution is -0.0518. The predicted octanol–water partition coefficient (Wildman–Crippen LogP) is 7.59. The average Bonchev–Trinajstić information content (AvgIpc) is 3.72. The molecule has 2 fully saturated rings. The first kappa shape index (κ1) is 23.2. The highest BCUT2D eigenvalue weighted by atomic mass is 16.5. The van der Waals surface area contributed by atoms with Gasteiger partial charge in [0.05, 0.1) is 12.2 Å². The zero-order valence-electron chi connectivity index (χ0n) is 21.5. The number of ether oxygens (including phenoxy) is 1. The van der Waals surface area contributed by atoms with Gasteiger partial charge in [-0.25, -0.2) is 0 Å². The highest BCUT2D eigenvalue weighted by Gasteiger charge is 2.25. The fourth-order valence-corrected chi connectivity index (χ4v) is 6.22. The fraction of sp³-hybridized carbons (Fsp3) is 0.364. The van der Waals surface area contributed by atoms with Crippen LogP contribution >= 0.6 is 0 Å². The molecule has 1 saturated carbocycles. The molecule has 0 spiro atoms. The number of pyridine rings is 1. The van der Waals surface area contributed by atoms with E-state index in [1.54, 1.807) is 4.57 Å². The molecule has 3 heteroatoms. The van der Waals surface area contributed by atoms with E-state index in [1.807, 2.05) is 18.3 Å². The van der Waals surface area contributed by atoms with Crippen molar-refractivity contribution in [1.82, 2.24) is 4.57 Å². The summed E-state index contributed by atoms with van der Waals surface area (Å²) in [6.07, 6.45) is 8.57. The Morgan fingerprint density at radius 2 is 1.58 bits per heavy atom. The molecule has 1 saturated heterocycles. The van der Waals surface area contributed by atoms with Crippen LogP contribution in [0.1, 0.15) is 62.1 Å². The third-order valence-electron chi connectivity index (χ3n) is 8.04. The van der Waals surface area contributed by atoms with E-state index >= 15 is 0 Å². The Labute approximate surface area is 213 Å². The van der Waals surface area contributed by atoms with Crippen LogP contribution in [0.4, 0.5) is 0 Å². The largest absolute Gasteiger partial charge is 0.376 e. The van der Waals surface area contributed by atoms with E-state index < -0.39 is 0 Å². The second kappa shape index (κ2) is 9.37. The molecule has 6 rings (SSSR count). The maximum absolute atomic E-state index is 13.6. The first-order valence-corrected chi connectivity index (χ1v) is 13.5. The van der Waals surface area contributed by atoms with Crippen LogP contribution in [-0.2, 0) is 11.2 Å². The zero-order chi connectivity index (χ0) is 24.8. The number of hydrogen-bond acceptors (Lipinski definition) is 2. The summed E-state index contributed by atoms with van der Waals surface area (Å²) in [4.78, 5) is 13.6. The normalized spacial score (nSPS) is 22.1. The second-order valence-corrected chi connectivity index (χ2v) is 11.1. The van der Waals surface area contributed by atoms with E-state index in [1.165, 1.54) is 29.5 Å². The minimum atomic E-state index is 0.0341. The Kier molecular flexibility index (Phi) is 6.05. The van der Waals surface area contributed by atoms with Crippen molar-refractivity contribution in [3.05, 3.63) is 100.0 Å². The number of aryl methyl sites for hydroxylation is 1. The van der Waals surface area contributed by atoms with E-state index in [0.717, 1.165) is 52.8 Å². The van der Waals surface area contributed by atoms with Crippen LogP contribution < -0.4 is 5.56 Å². The molecule has 1 aromatic heterocycles. The third-order valence-corrected chi connectivity index (χ3v) is 8.04. The van der Waals surface area contributed by atoms with Gasteiger partial charge in [-0.1, -0.05) is 48.5 Å². The van der Waals surface area contributed by atoms with Crippen LogP contribution in [0.5, 0.6) is 0 Å². The number of hydrogen-bond donors (Lipinski definition) is 0. The van der Waals surface area contributed by atoms with Crippen molar-refractivity contribution >= 4 is 10.8 Å². The van der Waals surface area contributed by atoms with Gasteiger partial charge in [-0.15, -0.1) is 0 Å². The van der Waals surface area contributed by atoms with Gasteiger partial charge in [0.15, 0.2) is 0 Å². The van der Waals surface area contributed by atoms with Crippen LogP contribution in [0.25, 0.3) is 27.6 Å². The molecule has 3 nitrogen and oxygen atoms in total. The Balaban J connectivity index is 1.31. The van der Waals surface area contributed by atoms with Crippen molar-refractivity contribution in [1.29, 1.82) is 0 Å². The van der Waals surface area contributed by atoms with Crippen LogP contribution in [0, 0.1) is 12.8 Å². The minimum absolute atomic E-state index is 0.0341. The van der Waals surface area contributed by atoms with Crippen molar-refractivity contribution in [2.45, 2.75) is 71.0 Å². The van der Waals surface area contributed by atoms with Crippen LogP contribution in [0.15, 0.2) is 77.7 Å². The quantitative estimate of drug-likeness (QED) is 0.296. The Bertz CT molecular complexity index is 1430. The van der Waals surface area contributed by atoms with Crippen LogP contribution in [-0.4, -0.2) is 16.8 Å². The molecule has 0 N–H and O–H groups in total. The first-order valence-electron chi connectivity index (χ1n) is 13.5. The Morgan fingerprint density at radius 3 is 2.25 bits per heavy atom. The lowest BCUT2D eigenvalue weighted by atomic mass is 9.87. The summed E-state index contributed by atoms with van der Waals surface area (Å²) in [7, 11) is 0. The predicted molar refractivity (Wildman–Crippen MR) is 148 cm³/mol. The fourth-order valence-electron chi connectivity index (χ4n) is 6.22. The van der Waals surface area contributed by atoms with Gasteiger partial charge in [-0.3, -0.25) is 9.36 Å². The van der Waals surface area contributed by atoms with Crippen molar-refractivity contribution in [3.8, 4) is 16.8 Å². The number of fused-ring (bicyclic) bond motifs is 1. The summed E-state index contributed by atoms with van der Waals surface area (Å²) in [6, 6.07) is 23.6. The lowest BCUT2D eigenvalue weighted by Gasteiger charge is -2.32. The summed E-state index contributed by atoms with van der Waals surface area (Å²) in [5.74, 6) is 1.40. The number of benzene rings is 3. The van der Waals surface area contributed by atoms with E-state index in [9.17, 15) is 4.79 Å². The summed E-state index contributed by atoms with van der Waals surface area (Å²) in [5, 5.41) is 1.82. The SMILES string of the molecule is Cc1cn(-c2ccc(CC3C[C@@H](C)O[C@@H](C)C3)cc2)c(=O)c2cccc(-c3ccc(C4CC4)cc3)c12. The maximum Gasteiger partial charge on any atom is 0.262 e. The van der Waals surface area contributed by atoms with Crippen molar-refractivity contribution in [3.63, 3.8) is 0 Å². The molecular weight excluding hydrogens is 442 g/mol. The lowest BCUT2D eigenvalue weighted by Crippen LogP contribution is -2.30. The number of aromatic nitrogens is 1. The second-order valence-electron chi connectivity index (χ2n) is 11.1. The first-order chi connectivity index (χ1) is 17.5. The van der Waals surface area contributed by atoms with Crippen LogP contribution in [0.2, 0.25) is 0 Å². The Morgan fingerprint density at radius 1 is 0.889 bits per heavy atom. The molecular formula is C33H35NO2. The van der Waals surface area contributed by atoms with Crippen molar-refractivity contribution in [2.75, 3.05) is 0 Å². The van der Waals surface area contributed by atoms with Crippen molar-refractivity contribution < 1.29 is 4.74 Å². The zero-order valence-corrected chi connectivity index (χ0v) is 21.5. The highest BCUT2D eigenvalue weighted by Crippen LogP contribution is 2.41. The van der Waals surface area contributed by atoms with Gasteiger partial charge >= 0.3 is 0 Å². The Hall–Kier alpha value is -3.17.